The van der Waals surface area contributed by atoms with Crippen LogP contribution in [0.5, 0.6) is 11.5 Å². The number of allylic oxidation sites excluding steroid dienone is 1. The van der Waals surface area contributed by atoms with E-state index in [-0.39, 0.29) is 18.0 Å². The van der Waals surface area contributed by atoms with E-state index >= 15 is 0 Å². The molecule has 0 saturated carbocycles. The van der Waals surface area contributed by atoms with Crippen LogP contribution in [0.1, 0.15) is 36.1 Å². The third-order valence-electron chi connectivity index (χ3n) is 6.61. The number of aromatic nitrogens is 1. The molecule has 0 spiro atoms. The van der Waals surface area contributed by atoms with E-state index in [0.717, 1.165) is 5.56 Å². The minimum absolute atomic E-state index is 0.0223. The Labute approximate surface area is 234 Å². The monoisotopic (exact) mass is 558 g/mol. The van der Waals surface area contributed by atoms with Crippen molar-refractivity contribution in [1.82, 2.24) is 4.57 Å². The zero-order valence-corrected chi connectivity index (χ0v) is 23.0. The Bertz CT molecular complexity index is 1780. The fourth-order valence-corrected chi connectivity index (χ4v) is 5.69. The lowest BCUT2D eigenvalue weighted by molar-refractivity contribution is -0.136. The van der Waals surface area contributed by atoms with Gasteiger partial charge in [0.15, 0.2) is 16.3 Å². The Morgan fingerprint density at radius 3 is 2.50 bits per heavy atom. The van der Waals surface area contributed by atoms with E-state index < -0.39 is 12.0 Å². The number of rotatable bonds is 8. The van der Waals surface area contributed by atoms with Gasteiger partial charge in [0.05, 0.1) is 36.1 Å². The van der Waals surface area contributed by atoms with Crippen molar-refractivity contribution in [3.05, 3.63) is 126 Å². The second-order valence-corrected chi connectivity index (χ2v) is 9.97. The van der Waals surface area contributed by atoms with E-state index in [2.05, 4.69) is 0 Å². The van der Waals surface area contributed by atoms with Crippen molar-refractivity contribution in [3.8, 4) is 11.5 Å². The van der Waals surface area contributed by atoms with Crippen LogP contribution in [0.4, 0.5) is 4.39 Å². The summed E-state index contributed by atoms with van der Waals surface area (Å²) in [5, 5.41) is 0. The van der Waals surface area contributed by atoms with Gasteiger partial charge in [-0.25, -0.2) is 14.2 Å². The fraction of sp³-hybridized carbons (Fsp3) is 0.194. The average molecular weight is 559 g/mol. The number of halogens is 1. The minimum atomic E-state index is -0.691. The number of fused-ring (bicyclic) bond motifs is 1. The summed E-state index contributed by atoms with van der Waals surface area (Å²) in [5.41, 5.74) is 2.35. The maximum Gasteiger partial charge on any atom is 0.338 e. The molecule has 1 aliphatic heterocycles. The molecule has 0 saturated heterocycles. The van der Waals surface area contributed by atoms with Gasteiger partial charge in [0.2, 0.25) is 0 Å². The largest absolute Gasteiger partial charge is 0.493 e. The number of carbonyl (C=O) groups excluding carboxylic acids is 1. The summed E-state index contributed by atoms with van der Waals surface area (Å²) in [6, 6.07) is 20.4. The number of ether oxygens (including phenoxy) is 3. The molecule has 0 unspecified atom stereocenters. The van der Waals surface area contributed by atoms with Crippen LogP contribution >= 0.6 is 11.3 Å². The highest BCUT2D eigenvalue weighted by Gasteiger charge is 2.33. The number of esters is 1. The fourth-order valence-electron chi connectivity index (χ4n) is 4.68. The van der Waals surface area contributed by atoms with E-state index in [1.165, 1.54) is 36.2 Å². The lowest BCUT2D eigenvalue weighted by Crippen LogP contribution is -2.40. The Balaban J connectivity index is 1.66. The maximum absolute atomic E-state index is 14.2. The first-order valence-corrected chi connectivity index (χ1v) is 13.5. The topological polar surface area (TPSA) is 79.1 Å². The first-order valence-electron chi connectivity index (χ1n) is 12.7. The summed E-state index contributed by atoms with van der Waals surface area (Å²) in [7, 11) is 2.84. The lowest BCUT2D eigenvalue weighted by Gasteiger charge is -2.25. The summed E-state index contributed by atoms with van der Waals surface area (Å²) >= 11 is 1.22. The highest BCUT2D eigenvalue weighted by atomic mass is 32.1. The van der Waals surface area contributed by atoms with Crippen molar-refractivity contribution in [2.45, 2.75) is 26.0 Å². The van der Waals surface area contributed by atoms with Gasteiger partial charge in [-0.15, -0.1) is 0 Å². The Morgan fingerprint density at radius 1 is 1.05 bits per heavy atom. The summed E-state index contributed by atoms with van der Waals surface area (Å²) < 4.78 is 32.8. The van der Waals surface area contributed by atoms with Crippen molar-refractivity contribution in [2.75, 3.05) is 14.2 Å². The molecular formula is C31H27FN2O5S. The molecule has 0 aliphatic carbocycles. The van der Waals surface area contributed by atoms with Crippen molar-refractivity contribution in [3.63, 3.8) is 0 Å². The molecule has 0 amide bonds. The van der Waals surface area contributed by atoms with E-state index in [4.69, 9.17) is 19.2 Å². The Morgan fingerprint density at radius 2 is 1.80 bits per heavy atom. The number of hydrogen-bond donors (Lipinski definition) is 0. The molecule has 9 heteroatoms. The second kappa shape index (κ2) is 11.7. The van der Waals surface area contributed by atoms with Crippen LogP contribution in [0.15, 0.2) is 93.9 Å². The van der Waals surface area contributed by atoms with Gasteiger partial charge < -0.3 is 14.2 Å². The molecule has 5 rings (SSSR count). The van der Waals surface area contributed by atoms with Gasteiger partial charge >= 0.3 is 5.97 Å². The molecule has 4 aromatic rings. The predicted octanol–water partition coefficient (Wildman–Crippen LogP) is 4.53. The maximum atomic E-state index is 14.2. The van der Waals surface area contributed by atoms with Crippen LogP contribution in [-0.4, -0.2) is 24.8 Å². The van der Waals surface area contributed by atoms with E-state index in [1.807, 2.05) is 37.3 Å². The van der Waals surface area contributed by atoms with Gasteiger partial charge in [-0.3, -0.25) is 9.36 Å². The van der Waals surface area contributed by atoms with E-state index in [1.54, 1.807) is 42.5 Å². The normalized spacial score (nSPS) is 14.9. The Kier molecular flexibility index (Phi) is 7.93. The third-order valence-corrected chi connectivity index (χ3v) is 7.59. The molecular weight excluding hydrogens is 531 g/mol. The lowest BCUT2D eigenvalue weighted by atomic mass is 9.95. The Hall–Kier alpha value is -4.50. The molecule has 2 heterocycles. The number of carbonyl (C=O) groups is 1. The molecule has 3 aromatic carbocycles. The third kappa shape index (κ3) is 5.08. The number of methoxy groups -OCH3 is 2. The van der Waals surface area contributed by atoms with Crippen LogP contribution in [0, 0.1) is 5.82 Å². The molecule has 1 aromatic heterocycles. The molecule has 0 bridgehead atoms. The predicted molar refractivity (Wildman–Crippen MR) is 151 cm³/mol. The van der Waals surface area contributed by atoms with Crippen molar-refractivity contribution < 1.29 is 23.4 Å². The second-order valence-electron chi connectivity index (χ2n) is 8.96. The van der Waals surface area contributed by atoms with Crippen LogP contribution in [0.2, 0.25) is 0 Å². The number of thiazole rings is 1. The number of benzene rings is 3. The zero-order valence-electron chi connectivity index (χ0n) is 22.2. The van der Waals surface area contributed by atoms with Crippen LogP contribution < -0.4 is 24.4 Å². The molecule has 0 N–H and O–H groups in total. The van der Waals surface area contributed by atoms with Gasteiger partial charge in [-0.05, 0) is 30.2 Å². The number of para-hydroxylation sites is 1. The molecule has 1 aliphatic rings. The van der Waals surface area contributed by atoms with Crippen LogP contribution in [-0.2, 0) is 16.1 Å². The number of hydrogen-bond acceptors (Lipinski definition) is 7. The molecule has 0 fully saturated rings. The zero-order chi connectivity index (χ0) is 28.2. The smallest absolute Gasteiger partial charge is 0.338 e. The first kappa shape index (κ1) is 27.1. The molecule has 40 heavy (non-hydrogen) atoms. The first-order chi connectivity index (χ1) is 19.5. The summed E-state index contributed by atoms with van der Waals surface area (Å²) in [6.45, 7) is 1.89. The van der Waals surface area contributed by atoms with E-state index in [0.29, 0.717) is 49.7 Å². The van der Waals surface area contributed by atoms with Gasteiger partial charge in [-0.1, -0.05) is 78.9 Å². The van der Waals surface area contributed by atoms with Crippen molar-refractivity contribution >= 4 is 23.4 Å². The summed E-state index contributed by atoms with van der Waals surface area (Å²) in [4.78, 5) is 32.1. The number of nitrogens with zero attached hydrogens (tertiary/aromatic N) is 2. The molecule has 1 atom stereocenters. The van der Waals surface area contributed by atoms with Crippen molar-refractivity contribution in [1.29, 1.82) is 0 Å². The molecule has 0 radical (unpaired) electrons. The van der Waals surface area contributed by atoms with Crippen LogP contribution in [0.25, 0.3) is 6.08 Å². The standard InChI is InChI=1S/C31H27FN2O5S/c1-4-23-26(30(36)38-3)27(19-11-6-5-7-12-19)34-29(35)25(40-31(34)33-23)17-20-14-10-16-24(37-2)28(20)39-18-21-13-8-9-15-22(21)32/h5-17,27H,4,18H2,1-3H3/b25-17+/t27-/m0/s1. The molecule has 7 nitrogen and oxygen atoms in total. The minimum Gasteiger partial charge on any atom is -0.493 e. The van der Waals surface area contributed by atoms with Gasteiger partial charge in [0.1, 0.15) is 12.4 Å². The summed E-state index contributed by atoms with van der Waals surface area (Å²) in [6.07, 6.45) is 2.20. The highest BCUT2D eigenvalue weighted by Crippen LogP contribution is 2.33. The van der Waals surface area contributed by atoms with Crippen LogP contribution in [0.3, 0.4) is 0 Å². The average Bonchev–Trinajstić information content (AvgIpc) is 3.30. The van der Waals surface area contributed by atoms with E-state index in [9.17, 15) is 14.0 Å². The van der Waals surface area contributed by atoms with Gasteiger partial charge in [-0.2, -0.15) is 0 Å². The summed E-state index contributed by atoms with van der Waals surface area (Å²) in [5.74, 6) is -0.0777. The van der Waals surface area contributed by atoms with Gasteiger partial charge in [0, 0.05) is 11.1 Å². The van der Waals surface area contributed by atoms with Crippen molar-refractivity contribution in [2.24, 2.45) is 4.99 Å². The quantitative estimate of drug-likeness (QED) is 0.297. The SMILES string of the molecule is CCC1=C(C(=O)OC)[C@H](c2ccccc2)n2c(s/c(=C/c3cccc(OC)c3OCc3ccccc3F)c2=O)=N1. The molecule has 204 valence electrons. The van der Waals surface area contributed by atoms with Gasteiger partial charge in [0.25, 0.3) is 5.56 Å². The highest BCUT2D eigenvalue weighted by molar-refractivity contribution is 7.07.